The third kappa shape index (κ3) is 2.49. The van der Waals surface area contributed by atoms with Gasteiger partial charge in [0.2, 0.25) is 9.84 Å². The lowest BCUT2D eigenvalue weighted by Crippen LogP contribution is -2.05. The molecule has 0 amide bonds. The third-order valence-electron chi connectivity index (χ3n) is 3.44. The van der Waals surface area contributed by atoms with Gasteiger partial charge in [-0.2, -0.15) is 0 Å². The Morgan fingerprint density at radius 3 is 2.65 bits per heavy atom. The Bertz CT molecular complexity index is 1030. The van der Waals surface area contributed by atoms with E-state index in [4.69, 9.17) is 5.73 Å². The molecule has 3 rings (SSSR count). The molecule has 0 radical (unpaired) electrons. The van der Waals surface area contributed by atoms with Crippen LogP contribution in [0.4, 0.5) is 11.4 Å². The molecule has 0 aliphatic heterocycles. The first kappa shape index (κ1) is 14.9. The van der Waals surface area contributed by atoms with Crippen molar-refractivity contribution in [2.75, 3.05) is 5.73 Å². The normalized spacial score (nSPS) is 11.5. The van der Waals surface area contributed by atoms with E-state index in [-0.39, 0.29) is 15.5 Å². The van der Waals surface area contributed by atoms with Crippen LogP contribution in [0, 0.1) is 10.1 Å². The number of pyridine rings is 1. The van der Waals surface area contributed by atoms with Gasteiger partial charge in [-0.15, -0.1) is 0 Å². The fourth-order valence-corrected chi connectivity index (χ4v) is 3.80. The molecule has 0 fully saturated rings. The van der Waals surface area contributed by atoms with Crippen molar-refractivity contribution in [2.24, 2.45) is 0 Å². The van der Waals surface area contributed by atoms with Crippen LogP contribution >= 0.6 is 0 Å². The number of nitrogens with two attached hydrogens (primary N) is 1. The number of fused-ring (bicyclic) bond motifs is 1. The molecule has 3 aromatic rings. The maximum atomic E-state index is 12.9. The van der Waals surface area contributed by atoms with Crippen molar-refractivity contribution in [1.82, 2.24) is 4.98 Å². The second-order valence-corrected chi connectivity index (χ2v) is 6.75. The summed E-state index contributed by atoms with van der Waals surface area (Å²) in [5, 5.41) is 12.1. The lowest BCUT2D eigenvalue weighted by atomic mass is 10.2. The van der Waals surface area contributed by atoms with E-state index >= 15 is 0 Å². The van der Waals surface area contributed by atoms with Crippen LogP contribution in [-0.2, 0) is 9.84 Å². The highest BCUT2D eigenvalue weighted by Crippen LogP contribution is 2.31. The average molecular weight is 329 g/mol. The average Bonchev–Trinajstić information content (AvgIpc) is 2.54. The predicted octanol–water partition coefficient (Wildman–Crippen LogP) is 2.56. The number of nitrogens with zero attached hydrogens (tertiary/aromatic N) is 2. The number of benzene rings is 2. The molecule has 8 heteroatoms. The predicted molar refractivity (Wildman–Crippen MR) is 84.7 cm³/mol. The summed E-state index contributed by atoms with van der Waals surface area (Å²) in [4.78, 5) is 14.1. The Labute approximate surface area is 131 Å². The van der Waals surface area contributed by atoms with Gasteiger partial charge in [-0.1, -0.05) is 12.1 Å². The minimum Gasteiger partial charge on any atom is -0.393 e. The molecule has 1 heterocycles. The van der Waals surface area contributed by atoms with E-state index < -0.39 is 20.4 Å². The molecule has 2 N–H and O–H groups in total. The van der Waals surface area contributed by atoms with E-state index in [1.807, 2.05) is 0 Å². The van der Waals surface area contributed by atoms with Crippen LogP contribution in [0.2, 0.25) is 0 Å². The highest BCUT2D eigenvalue weighted by molar-refractivity contribution is 7.91. The quantitative estimate of drug-likeness (QED) is 0.448. The number of hydrogen-bond donors (Lipinski definition) is 1. The first-order valence-electron chi connectivity index (χ1n) is 6.53. The SMILES string of the molecule is Nc1ccc(S(=O)(=O)c2cccc3cnccc23)cc1[N+](=O)[O-]. The second-order valence-electron chi connectivity index (χ2n) is 4.83. The number of aromatic nitrogens is 1. The number of hydrogen-bond acceptors (Lipinski definition) is 6. The lowest BCUT2D eigenvalue weighted by Gasteiger charge is -2.08. The molecule has 116 valence electrons. The van der Waals surface area contributed by atoms with E-state index in [0.29, 0.717) is 10.8 Å². The molecule has 23 heavy (non-hydrogen) atoms. The maximum absolute atomic E-state index is 12.9. The van der Waals surface area contributed by atoms with E-state index in [9.17, 15) is 18.5 Å². The van der Waals surface area contributed by atoms with Crippen molar-refractivity contribution >= 4 is 32.0 Å². The molecule has 0 aliphatic carbocycles. The largest absolute Gasteiger partial charge is 0.393 e. The number of nitro groups is 1. The molecular formula is C15H11N3O4S. The maximum Gasteiger partial charge on any atom is 0.293 e. The van der Waals surface area contributed by atoms with E-state index in [1.54, 1.807) is 24.4 Å². The number of rotatable bonds is 3. The Morgan fingerprint density at radius 1 is 1.13 bits per heavy atom. The molecule has 0 saturated carbocycles. The fourth-order valence-electron chi connectivity index (χ4n) is 2.30. The molecule has 0 unspecified atom stereocenters. The van der Waals surface area contributed by atoms with E-state index in [0.717, 1.165) is 6.07 Å². The first-order chi connectivity index (χ1) is 10.9. The Kier molecular flexibility index (Phi) is 3.45. The van der Waals surface area contributed by atoms with Gasteiger partial charge in [-0.05, 0) is 24.3 Å². The summed E-state index contributed by atoms with van der Waals surface area (Å²) in [7, 11) is -3.93. The third-order valence-corrected chi connectivity index (χ3v) is 5.25. The smallest absolute Gasteiger partial charge is 0.293 e. The van der Waals surface area contributed by atoms with Gasteiger partial charge in [0.05, 0.1) is 14.7 Å². The molecule has 1 aromatic heterocycles. The van der Waals surface area contributed by atoms with Crippen molar-refractivity contribution in [3.05, 3.63) is 65.0 Å². The van der Waals surface area contributed by atoms with Crippen LogP contribution in [0.1, 0.15) is 0 Å². The molecule has 0 atom stereocenters. The molecular weight excluding hydrogens is 318 g/mol. The summed E-state index contributed by atoms with van der Waals surface area (Å²) in [6.07, 6.45) is 3.05. The van der Waals surface area contributed by atoms with E-state index in [1.165, 1.54) is 24.4 Å². The fraction of sp³-hybridized carbons (Fsp3) is 0. The Balaban J connectivity index is 2.26. The number of anilines is 1. The van der Waals surface area contributed by atoms with E-state index in [2.05, 4.69) is 4.98 Å². The zero-order chi connectivity index (χ0) is 16.6. The van der Waals surface area contributed by atoms with Crippen LogP contribution in [0.5, 0.6) is 0 Å². The van der Waals surface area contributed by atoms with Gasteiger partial charge in [0.1, 0.15) is 5.69 Å². The van der Waals surface area contributed by atoms with Crippen molar-refractivity contribution in [3.63, 3.8) is 0 Å². The van der Waals surface area contributed by atoms with Crippen LogP contribution in [-0.4, -0.2) is 18.3 Å². The van der Waals surface area contributed by atoms with Gasteiger partial charge >= 0.3 is 0 Å². The van der Waals surface area contributed by atoms with Gasteiger partial charge in [0.15, 0.2) is 0 Å². The van der Waals surface area contributed by atoms with Crippen molar-refractivity contribution in [1.29, 1.82) is 0 Å². The Hall–Kier alpha value is -3.00. The summed E-state index contributed by atoms with van der Waals surface area (Å²) < 4.78 is 25.7. The van der Waals surface area contributed by atoms with Crippen LogP contribution in [0.25, 0.3) is 10.8 Å². The van der Waals surface area contributed by atoms with Crippen molar-refractivity contribution < 1.29 is 13.3 Å². The van der Waals surface area contributed by atoms with Gasteiger partial charge in [-0.3, -0.25) is 15.1 Å². The number of nitrogen functional groups attached to an aromatic ring is 1. The molecule has 0 spiro atoms. The summed E-state index contributed by atoms with van der Waals surface area (Å²) in [5.41, 5.74) is 4.99. The van der Waals surface area contributed by atoms with Crippen LogP contribution in [0.3, 0.4) is 0 Å². The second kappa shape index (κ2) is 5.33. The van der Waals surface area contributed by atoms with Crippen LogP contribution < -0.4 is 5.73 Å². The zero-order valence-corrected chi connectivity index (χ0v) is 12.5. The standard InChI is InChI=1S/C15H11N3O4S/c16-13-5-4-11(8-14(13)18(19)20)23(21,22)15-3-1-2-10-9-17-7-6-12(10)15/h1-9H,16H2. The highest BCUT2D eigenvalue weighted by Gasteiger charge is 2.23. The minimum absolute atomic E-state index is 0.0662. The first-order valence-corrected chi connectivity index (χ1v) is 8.01. The van der Waals surface area contributed by atoms with Gasteiger partial charge < -0.3 is 5.73 Å². The summed E-state index contributed by atoms with van der Waals surface area (Å²) in [5.74, 6) is 0. The number of nitro benzene ring substituents is 1. The summed E-state index contributed by atoms with van der Waals surface area (Å²) in [6.45, 7) is 0. The monoisotopic (exact) mass is 329 g/mol. The molecule has 0 bridgehead atoms. The number of sulfone groups is 1. The van der Waals surface area contributed by atoms with Gasteiger partial charge in [0.25, 0.3) is 5.69 Å². The summed E-state index contributed by atoms with van der Waals surface area (Å²) >= 11 is 0. The minimum atomic E-state index is -3.93. The summed E-state index contributed by atoms with van der Waals surface area (Å²) in [6, 6.07) is 9.85. The molecule has 0 aliphatic rings. The lowest BCUT2D eigenvalue weighted by molar-refractivity contribution is -0.384. The van der Waals surface area contributed by atoms with Gasteiger partial charge in [-0.25, -0.2) is 8.42 Å². The molecule has 2 aromatic carbocycles. The van der Waals surface area contributed by atoms with Crippen molar-refractivity contribution in [2.45, 2.75) is 9.79 Å². The molecule has 0 saturated heterocycles. The van der Waals surface area contributed by atoms with Crippen LogP contribution in [0.15, 0.2) is 64.6 Å². The van der Waals surface area contributed by atoms with Crippen molar-refractivity contribution in [3.8, 4) is 0 Å². The topological polar surface area (TPSA) is 116 Å². The highest BCUT2D eigenvalue weighted by atomic mass is 32.2. The Morgan fingerprint density at radius 2 is 1.91 bits per heavy atom. The zero-order valence-electron chi connectivity index (χ0n) is 11.7. The van der Waals surface area contributed by atoms with Gasteiger partial charge in [0, 0.05) is 29.2 Å². The molecule has 7 nitrogen and oxygen atoms in total.